The molecule has 0 saturated carbocycles. The predicted molar refractivity (Wildman–Crippen MR) is 58.8 cm³/mol. The first-order valence-electron chi connectivity index (χ1n) is 4.75. The van der Waals surface area contributed by atoms with Gasteiger partial charge in [-0.1, -0.05) is 0 Å². The predicted octanol–water partition coefficient (Wildman–Crippen LogP) is 1.57. The third-order valence-electron chi connectivity index (χ3n) is 2.54. The summed E-state index contributed by atoms with van der Waals surface area (Å²) in [6, 6.07) is 0. The molecule has 1 N–H and O–H groups in total. The minimum Gasteiger partial charge on any atom is -0.465 e. The van der Waals surface area contributed by atoms with Crippen LogP contribution in [0.25, 0.3) is 11.0 Å². The van der Waals surface area contributed by atoms with Crippen LogP contribution < -0.4 is 0 Å². The van der Waals surface area contributed by atoms with Gasteiger partial charge in [0.2, 0.25) is 0 Å². The molecule has 0 aliphatic rings. The molecule has 0 spiro atoms. The van der Waals surface area contributed by atoms with Crippen molar-refractivity contribution in [3.63, 3.8) is 0 Å². The van der Waals surface area contributed by atoms with Crippen molar-refractivity contribution >= 4 is 22.7 Å². The summed E-state index contributed by atoms with van der Waals surface area (Å²) in [7, 11) is 1.25. The number of hydrogen-bond donors (Lipinski definition) is 1. The summed E-state index contributed by atoms with van der Waals surface area (Å²) in [5.74, 6) is -0.563. The second-order valence-corrected chi connectivity index (χ2v) is 3.44. The van der Waals surface area contributed by atoms with Gasteiger partial charge in [0.05, 0.1) is 23.8 Å². The van der Waals surface area contributed by atoms with E-state index in [1.54, 1.807) is 6.92 Å². The lowest BCUT2D eigenvalue weighted by molar-refractivity contribution is -0.383. The van der Waals surface area contributed by atoms with Crippen molar-refractivity contribution in [3.8, 4) is 0 Å². The number of carbonyl (C=O) groups excluding carboxylic acids is 1. The second-order valence-electron chi connectivity index (χ2n) is 3.44. The summed E-state index contributed by atoms with van der Waals surface area (Å²) >= 11 is 0. The Balaban J connectivity index is 2.77. The van der Waals surface area contributed by atoms with E-state index in [4.69, 9.17) is 0 Å². The highest BCUT2D eigenvalue weighted by Gasteiger charge is 2.21. The number of fused-ring (bicyclic) bond motifs is 1. The van der Waals surface area contributed by atoms with E-state index in [-0.39, 0.29) is 11.3 Å². The maximum Gasteiger partial charge on any atom is 0.339 e. The van der Waals surface area contributed by atoms with E-state index >= 15 is 0 Å². The normalized spacial score (nSPS) is 10.5. The van der Waals surface area contributed by atoms with Gasteiger partial charge in [0.15, 0.2) is 0 Å². The molecule has 2 aromatic rings. The summed E-state index contributed by atoms with van der Waals surface area (Å²) in [6.07, 6.45) is 2.59. The van der Waals surface area contributed by atoms with Crippen molar-refractivity contribution in [2.24, 2.45) is 0 Å². The zero-order valence-corrected chi connectivity index (χ0v) is 9.18. The molecule has 0 bridgehead atoms. The molecule has 0 aliphatic heterocycles. The van der Waals surface area contributed by atoms with Gasteiger partial charge in [-0.15, -0.1) is 0 Å². The highest BCUT2D eigenvalue weighted by molar-refractivity contribution is 5.99. The second kappa shape index (κ2) is 3.85. The van der Waals surface area contributed by atoms with Crippen LogP contribution in [0, 0.1) is 17.0 Å². The van der Waals surface area contributed by atoms with Crippen molar-refractivity contribution < 1.29 is 14.5 Å². The Morgan fingerprint density at radius 1 is 1.59 bits per heavy atom. The molecule has 0 aromatic carbocycles. The van der Waals surface area contributed by atoms with Crippen LogP contribution in [0.2, 0.25) is 0 Å². The Kier molecular flexibility index (Phi) is 2.51. The van der Waals surface area contributed by atoms with Gasteiger partial charge >= 0.3 is 5.97 Å². The van der Waals surface area contributed by atoms with E-state index in [1.807, 2.05) is 0 Å². The molecule has 88 valence electrons. The highest BCUT2D eigenvalue weighted by Crippen LogP contribution is 2.28. The molecular formula is C10H9N3O4. The van der Waals surface area contributed by atoms with Gasteiger partial charge in [0.25, 0.3) is 5.69 Å². The third kappa shape index (κ3) is 1.61. The number of methoxy groups -OCH3 is 1. The van der Waals surface area contributed by atoms with E-state index in [1.165, 1.54) is 19.5 Å². The SMILES string of the molecule is COC(=O)c1cnc2[nH]cc([N+](=O)[O-])c2c1C. The number of pyridine rings is 1. The van der Waals surface area contributed by atoms with Crippen LogP contribution in [0.4, 0.5) is 5.69 Å². The molecule has 0 saturated heterocycles. The van der Waals surface area contributed by atoms with E-state index in [9.17, 15) is 14.9 Å². The molecule has 2 aromatic heterocycles. The monoisotopic (exact) mass is 235 g/mol. The fourth-order valence-electron chi connectivity index (χ4n) is 1.69. The molecule has 7 heteroatoms. The number of aromatic amines is 1. The van der Waals surface area contributed by atoms with Crippen LogP contribution in [-0.4, -0.2) is 28.0 Å². The highest BCUT2D eigenvalue weighted by atomic mass is 16.6. The van der Waals surface area contributed by atoms with Crippen molar-refractivity contribution in [2.45, 2.75) is 6.92 Å². The van der Waals surface area contributed by atoms with Crippen molar-refractivity contribution in [3.05, 3.63) is 33.6 Å². The van der Waals surface area contributed by atoms with Gasteiger partial charge in [-0.3, -0.25) is 10.1 Å². The Bertz CT molecular complexity index is 617. The molecular weight excluding hydrogens is 226 g/mol. The van der Waals surface area contributed by atoms with Crippen LogP contribution in [0.15, 0.2) is 12.4 Å². The number of ether oxygens (including phenoxy) is 1. The Hall–Kier alpha value is -2.44. The average molecular weight is 235 g/mol. The van der Waals surface area contributed by atoms with Gasteiger partial charge in [-0.2, -0.15) is 0 Å². The fraction of sp³-hybridized carbons (Fsp3) is 0.200. The minimum absolute atomic E-state index is 0.101. The zero-order valence-electron chi connectivity index (χ0n) is 9.18. The molecule has 0 aliphatic carbocycles. The maximum absolute atomic E-state index is 11.4. The Morgan fingerprint density at radius 2 is 2.29 bits per heavy atom. The number of rotatable bonds is 2. The lowest BCUT2D eigenvalue weighted by Crippen LogP contribution is -2.05. The summed E-state index contributed by atoms with van der Waals surface area (Å²) in [5.41, 5.74) is 0.982. The molecule has 2 rings (SSSR count). The molecule has 7 nitrogen and oxygen atoms in total. The maximum atomic E-state index is 11.4. The minimum atomic E-state index is -0.563. The van der Waals surface area contributed by atoms with E-state index in [0.717, 1.165) is 0 Å². The van der Waals surface area contributed by atoms with Crippen LogP contribution in [0.3, 0.4) is 0 Å². The number of nitrogens with zero attached hydrogens (tertiary/aromatic N) is 2. The summed E-state index contributed by atoms with van der Waals surface area (Å²) in [4.78, 5) is 28.4. The van der Waals surface area contributed by atoms with Crippen LogP contribution in [0.5, 0.6) is 0 Å². The number of esters is 1. The van der Waals surface area contributed by atoms with Crippen LogP contribution in [0.1, 0.15) is 15.9 Å². The van der Waals surface area contributed by atoms with Crippen LogP contribution >= 0.6 is 0 Å². The number of aryl methyl sites for hydroxylation is 1. The number of nitro groups is 1. The molecule has 0 unspecified atom stereocenters. The molecule has 0 amide bonds. The largest absolute Gasteiger partial charge is 0.465 e. The molecule has 0 fully saturated rings. The fourth-order valence-corrected chi connectivity index (χ4v) is 1.69. The van der Waals surface area contributed by atoms with Crippen molar-refractivity contribution in [1.82, 2.24) is 9.97 Å². The first-order chi connectivity index (χ1) is 8.06. The summed E-state index contributed by atoms with van der Waals surface area (Å²) in [6.45, 7) is 1.62. The molecule has 0 atom stereocenters. The standard InChI is InChI=1S/C10H9N3O4/c1-5-6(10(14)17-2)3-11-9-8(5)7(4-12-9)13(15)16/h3-4H,1-2H3,(H,11,12). The number of aromatic nitrogens is 2. The van der Waals surface area contributed by atoms with Gasteiger partial charge in [-0.05, 0) is 12.5 Å². The van der Waals surface area contributed by atoms with Crippen molar-refractivity contribution in [1.29, 1.82) is 0 Å². The van der Waals surface area contributed by atoms with E-state index in [2.05, 4.69) is 14.7 Å². The number of carbonyl (C=O) groups is 1. The molecule has 2 heterocycles. The Labute approximate surface area is 95.6 Å². The average Bonchev–Trinajstić information content (AvgIpc) is 2.73. The quantitative estimate of drug-likeness (QED) is 0.484. The lowest BCUT2D eigenvalue weighted by Gasteiger charge is -2.03. The van der Waals surface area contributed by atoms with Gasteiger partial charge in [0.1, 0.15) is 11.0 Å². The molecule has 0 radical (unpaired) electrons. The van der Waals surface area contributed by atoms with Gasteiger partial charge in [0, 0.05) is 6.20 Å². The van der Waals surface area contributed by atoms with Gasteiger partial charge in [-0.25, -0.2) is 9.78 Å². The first kappa shape index (κ1) is 11.1. The van der Waals surface area contributed by atoms with Crippen LogP contribution in [-0.2, 0) is 4.74 Å². The summed E-state index contributed by atoms with van der Waals surface area (Å²) in [5, 5.41) is 11.2. The number of nitrogens with one attached hydrogen (secondary N) is 1. The van der Waals surface area contributed by atoms with Gasteiger partial charge < -0.3 is 9.72 Å². The third-order valence-corrected chi connectivity index (χ3v) is 2.54. The smallest absolute Gasteiger partial charge is 0.339 e. The van der Waals surface area contributed by atoms with E-state index in [0.29, 0.717) is 16.6 Å². The molecule has 17 heavy (non-hydrogen) atoms. The topological polar surface area (TPSA) is 98.1 Å². The summed E-state index contributed by atoms with van der Waals surface area (Å²) < 4.78 is 4.58. The first-order valence-corrected chi connectivity index (χ1v) is 4.75. The lowest BCUT2D eigenvalue weighted by atomic mass is 10.1. The zero-order chi connectivity index (χ0) is 12.6. The van der Waals surface area contributed by atoms with E-state index < -0.39 is 10.9 Å². The number of hydrogen-bond acceptors (Lipinski definition) is 5. The van der Waals surface area contributed by atoms with Crippen molar-refractivity contribution in [2.75, 3.05) is 7.11 Å². The number of H-pyrrole nitrogens is 1. The Morgan fingerprint density at radius 3 is 2.88 bits per heavy atom.